The van der Waals surface area contributed by atoms with Gasteiger partial charge in [-0.1, -0.05) is 48.5 Å². The second kappa shape index (κ2) is 9.86. The number of nitrogens with one attached hydrogen (secondary N) is 1. The van der Waals surface area contributed by atoms with Gasteiger partial charge in [0.15, 0.2) is 0 Å². The summed E-state index contributed by atoms with van der Waals surface area (Å²) in [5.74, 6) is -0.384. The van der Waals surface area contributed by atoms with Gasteiger partial charge in [-0.05, 0) is 50.4 Å². The summed E-state index contributed by atoms with van der Waals surface area (Å²) in [7, 11) is -0.702. The highest BCUT2D eigenvalue weighted by atomic mass is 19.1. The predicted octanol–water partition coefficient (Wildman–Crippen LogP) is 4.23. The highest BCUT2D eigenvalue weighted by Gasteiger charge is 2.52. The van der Waals surface area contributed by atoms with Crippen molar-refractivity contribution < 1.29 is 23.2 Å². The lowest BCUT2D eigenvalue weighted by atomic mass is 9.77. The van der Waals surface area contributed by atoms with Crippen LogP contribution in [-0.4, -0.2) is 31.0 Å². The third kappa shape index (κ3) is 5.76. The molecule has 0 spiro atoms. The quantitative estimate of drug-likeness (QED) is 0.630. The lowest BCUT2D eigenvalue weighted by molar-refractivity contribution is 0.00578. The molecule has 1 saturated heterocycles. The Morgan fingerprint density at radius 3 is 2.38 bits per heavy atom. The molecule has 2 aromatic rings. The van der Waals surface area contributed by atoms with Crippen LogP contribution in [0.1, 0.15) is 44.4 Å². The van der Waals surface area contributed by atoms with Crippen LogP contribution in [0.4, 0.5) is 9.18 Å². The Morgan fingerprint density at radius 2 is 1.78 bits per heavy atom. The van der Waals surface area contributed by atoms with E-state index in [1.165, 1.54) is 6.07 Å². The average Bonchev–Trinajstić information content (AvgIpc) is 2.97. The predicted molar refractivity (Wildman–Crippen MR) is 123 cm³/mol. The van der Waals surface area contributed by atoms with Crippen molar-refractivity contribution in [2.45, 2.75) is 52.0 Å². The molecule has 1 aliphatic heterocycles. The number of nitrogens with two attached hydrogens (primary N) is 1. The molecule has 0 aliphatic carbocycles. The SMILES string of the molecule is CC1(C)OB(C(=Cc2ccc(CN)c(F)c2)CNC(=O)OCc2ccccc2)OC1(C)C. The van der Waals surface area contributed by atoms with Gasteiger partial charge < -0.3 is 25.1 Å². The summed E-state index contributed by atoms with van der Waals surface area (Å²) in [6.45, 7) is 8.18. The molecule has 0 bridgehead atoms. The van der Waals surface area contributed by atoms with Crippen LogP contribution in [-0.2, 0) is 27.2 Å². The summed E-state index contributed by atoms with van der Waals surface area (Å²) < 4.78 is 31.8. The third-order valence-corrected chi connectivity index (χ3v) is 5.85. The minimum atomic E-state index is -0.702. The van der Waals surface area contributed by atoms with Crippen molar-refractivity contribution in [1.29, 1.82) is 0 Å². The number of carbonyl (C=O) groups is 1. The Balaban J connectivity index is 1.75. The topological polar surface area (TPSA) is 82.8 Å². The maximum absolute atomic E-state index is 14.2. The van der Waals surface area contributed by atoms with Crippen LogP contribution < -0.4 is 11.1 Å². The summed E-state index contributed by atoms with van der Waals surface area (Å²) in [4.78, 5) is 12.3. The van der Waals surface area contributed by atoms with Crippen molar-refractivity contribution in [3.8, 4) is 0 Å². The number of rotatable bonds is 7. The van der Waals surface area contributed by atoms with Crippen LogP contribution >= 0.6 is 0 Å². The van der Waals surface area contributed by atoms with Crippen molar-refractivity contribution in [3.05, 3.63) is 76.5 Å². The lowest BCUT2D eigenvalue weighted by Crippen LogP contribution is -2.41. The molecule has 0 unspecified atom stereocenters. The van der Waals surface area contributed by atoms with E-state index in [4.69, 9.17) is 19.8 Å². The zero-order valence-corrected chi connectivity index (χ0v) is 19.0. The van der Waals surface area contributed by atoms with Crippen molar-refractivity contribution in [2.75, 3.05) is 6.54 Å². The molecule has 3 N–H and O–H groups in total. The molecule has 3 rings (SSSR count). The van der Waals surface area contributed by atoms with Crippen LogP contribution in [0.15, 0.2) is 54.0 Å². The Morgan fingerprint density at radius 1 is 1.12 bits per heavy atom. The Hall–Kier alpha value is -2.68. The first-order chi connectivity index (χ1) is 15.1. The van der Waals surface area contributed by atoms with E-state index in [2.05, 4.69) is 5.32 Å². The van der Waals surface area contributed by atoms with E-state index in [0.717, 1.165) is 5.56 Å². The van der Waals surface area contributed by atoms with E-state index >= 15 is 0 Å². The van der Waals surface area contributed by atoms with Gasteiger partial charge in [-0.2, -0.15) is 0 Å². The van der Waals surface area contributed by atoms with E-state index in [9.17, 15) is 9.18 Å². The van der Waals surface area contributed by atoms with Gasteiger partial charge in [0.05, 0.1) is 11.2 Å². The van der Waals surface area contributed by atoms with E-state index in [1.807, 2.05) is 58.0 Å². The zero-order chi connectivity index (χ0) is 23.4. The van der Waals surface area contributed by atoms with Crippen molar-refractivity contribution in [1.82, 2.24) is 5.32 Å². The van der Waals surface area contributed by atoms with Crippen molar-refractivity contribution >= 4 is 19.3 Å². The largest absolute Gasteiger partial charge is 0.492 e. The van der Waals surface area contributed by atoms with E-state index in [-0.39, 0.29) is 25.5 Å². The van der Waals surface area contributed by atoms with Crippen LogP contribution in [0.2, 0.25) is 0 Å². The molecule has 2 aromatic carbocycles. The lowest BCUT2D eigenvalue weighted by Gasteiger charge is -2.32. The first-order valence-electron chi connectivity index (χ1n) is 10.6. The number of halogens is 1. The van der Waals surface area contributed by atoms with Gasteiger partial charge in [-0.3, -0.25) is 0 Å². The molecule has 6 nitrogen and oxygen atoms in total. The van der Waals surface area contributed by atoms with Gasteiger partial charge in [-0.25, -0.2) is 9.18 Å². The number of hydrogen-bond donors (Lipinski definition) is 2. The summed E-state index contributed by atoms with van der Waals surface area (Å²) in [6.07, 6.45) is 1.18. The van der Waals surface area contributed by atoms with Gasteiger partial charge in [0.25, 0.3) is 0 Å². The molecule has 0 saturated carbocycles. The summed E-state index contributed by atoms with van der Waals surface area (Å²) in [5.41, 5.74) is 7.02. The van der Waals surface area contributed by atoms with Crippen molar-refractivity contribution in [3.63, 3.8) is 0 Å². The Kier molecular flexibility index (Phi) is 7.38. The number of carbonyl (C=O) groups excluding carboxylic acids is 1. The first-order valence-corrected chi connectivity index (χ1v) is 10.6. The fraction of sp³-hybridized carbons (Fsp3) is 0.375. The number of hydrogen-bond acceptors (Lipinski definition) is 5. The van der Waals surface area contributed by atoms with Gasteiger partial charge in [0, 0.05) is 18.7 Å². The zero-order valence-electron chi connectivity index (χ0n) is 19.0. The fourth-order valence-electron chi connectivity index (χ4n) is 3.18. The molecule has 1 amide bonds. The second-order valence-electron chi connectivity index (χ2n) is 8.78. The van der Waals surface area contributed by atoms with Gasteiger partial charge in [0.2, 0.25) is 0 Å². The molecule has 0 atom stereocenters. The number of alkyl carbamates (subject to hydrolysis) is 1. The van der Waals surface area contributed by atoms with Gasteiger partial charge in [-0.15, -0.1) is 0 Å². The average molecular weight is 440 g/mol. The van der Waals surface area contributed by atoms with E-state index < -0.39 is 24.4 Å². The molecule has 1 aliphatic rings. The minimum Gasteiger partial charge on any atom is -0.445 e. The normalized spacial score (nSPS) is 17.3. The number of amides is 1. The third-order valence-electron chi connectivity index (χ3n) is 5.85. The first kappa shape index (κ1) is 24.0. The van der Waals surface area contributed by atoms with Crippen LogP contribution in [0.3, 0.4) is 0 Å². The summed E-state index contributed by atoms with van der Waals surface area (Å²) >= 11 is 0. The summed E-state index contributed by atoms with van der Waals surface area (Å²) in [5, 5.41) is 2.74. The smallest absolute Gasteiger partial charge is 0.445 e. The van der Waals surface area contributed by atoms with Crippen LogP contribution in [0, 0.1) is 5.82 Å². The minimum absolute atomic E-state index is 0.116. The molecule has 0 radical (unpaired) electrons. The van der Waals surface area contributed by atoms with E-state index in [0.29, 0.717) is 16.6 Å². The van der Waals surface area contributed by atoms with Gasteiger partial charge in [0.1, 0.15) is 12.4 Å². The fourth-order valence-corrected chi connectivity index (χ4v) is 3.18. The Labute approximate surface area is 189 Å². The molecule has 8 heteroatoms. The monoisotopic (exact) mass is 440 g/mol. The van der Waals surface area contributed by atoms with Crippen molar-refractivity contribution in [2.24, 2.45) is 5.73 Å². The number of ether oxygens (including phenoxy) is 1. The van der Waals surface area contributed by atoms with Gasteiger partial charge >= 0.3 is 13.2 Å². The van der Waals surface area contributed by atoms with E-state index in [1.54, 1.807) is 18.2 Å². The highest BCUT2D eigenvalue weighted by molar-refractivity contribution is 6.56. The maximum atomic E-state index is 14.2. The molecular weight excluding hydrogens is 410 g/mol. The molecule has 1 fully saturated rings. The second-order valence-corrected chi connectivity index (χ2v) is 8.78. The molecule has 32 heavy (non-hydrogen) atoms. The molecule has 170 valence electrons. The molecule has 1 heterocycles. The summed E-state index contributed by atoms with van der Waals surface area (Å²) in [6, 6.07) is 14.2. The molecule has 0 aromatic heterocycles. The number of benzene rings is 2. The van der Waals surface area contributed by atoms with Crippen LogP contribution in [0.25, 0.3) is 6.08 Å². The highest BCUT2D eigenvalue weighted by Crippen LogP contribution is 2.38. The van der Waals surface area contributed by atoms with Crippen LogP contribution in [0.5, 0.6) is 0 Å². The standard InChI is InChI=1S/C24H30BFN2O4/c1-23(2)24(3,4)32-25(31-23)20(12-18-10-11-19(14-27)21(26)13-18)15-28-22(29)30-16-17-8-6-5-7-9-17/h5-13H,14-16,27H2,1-4H3,(H,28,29). The Bertz CT molecular complexity index is 963. The maximum Gasteiger partial charge on any atom is 0.492 e. The molecular formula is C24H30BFN2O4.